The summed E-state index contributed by atoms with van der Waals surface area (Å²) < 4.78 is 7.78. The monoisotopic (exact) mass is 263 g/mol. The Bertz CT molecular complexity index is 835. The number of hydrogen-bond donors (Lipinski definition) is 0. The molecule has 0 spiro atoms. The van der Waals surface area contributed by atoms with Crippen molar-refractivity contribution in [1.82, 2.24) is 9.55 Å². The number of aromatic nitrogens is 2. The van der Waals surface area contributed by atoms with Crippen LogP contribution in [0.15, 0.2) is 34.9 Å². The molecule has 98 valence electrons. The average Bonchev–Trinajstić information content (AvgIpc) is 3.08. The average molecular weight is 263 g/mol. The van der Waals surface area contributed by atoms with Crippen molar-refractivity contribution in [3.63, 3.8) is 0 Å². The molecule has 0 aliphatic carbocycles. The van der Waals surface area contributed by atoms with Gasteiger partial charge >= 0.3 is 0 Å². The molecule has 3 aromatic rings. The van der Waals surface area contributed by atoms with Crippen LogP contribution in [0.3, 0.4) is 0 Å². The zero-order chi connectivity index (χ0) is 13.5. The molecule has 0 radical (unpaired) electrons. The van der Waals surface area contributed by atoms with Gasteiger partial charge in [0.2, 0.25) is 0 Å². The third-order valence-corrected chi connectivity index (χ3v) is 3.95. The number of fused-ring (bicyclic) bond motifs is 2. The lowest BCUT2D eigenvalue weighted by Crippen LogP contribution is -2.11. The van der Waals surface area contributed by atoms with Gasteiger partial charge in [-0.3, -0.25) is 0 Å². The highest BCUT2D eigenvalue weighted by atomic mass is 16.3. The first-order valence-corrected chi connectivity index (χ1v) is 6.84. The molecule has 1 aliphatic heterocycles. The van der Waals surface area contributed by atoms with Crippen LogP contribution in [-0.2, 0) is 13.0 Å². The molecular formula is C16H13N3O. The molecule has 3 heterocycles. The molecule has 2 aromatic heterocycles. The number of imidazole rings is 1. The van der Waals surface area contributed by atoms with Crippen molar-refractivity contribution in [1.29, 1.82) is 5.26 Å². The van der Waals surface area contributed by atoms with E-state index >= 15 is 0 Å². The molecule has 20 heavy (non-hydrogen) atoms. The van der Waals surface area contributed by atoms with Gasteiger partial charge in [0.15, 0.2) is 5.69 Å². The lowest BCUT2D eigenvalue weighted by Gasteiger charge is -2.16. The predicted octanol–water partition coefficient (Wildman–Crippen LogP) is 3.50. The summed E-state index contributed by atoms with van der Waals surface area (Å²) in [6.07, 6.45) is 4.95. The van der Waals surface area contributed by atoms with E-state index in [9.17, 15) is 5.26 Å². The third-order valence-electron chi connectivity index (χ3n) is 3.95. The maximum Gasteiger partial charge on any atom is 0.162 e. The van der Waals surface area contributed by atoms with Crippen molar-refractivity contribution in [2.75, 3.05) is 0 Å². The van der Waals surface area contributed by atoms with Gasteiger partial charge in [0.1, 0.15) is 23.7 Å². The number of nitriles is 1. The Balaban J connectivity index is 1.99. The first kappa shape index (κ1) is 11.3. The number of nitrogens with zero attached hydrogens (tertiary/aromatic N) is 3. The molecule has 4 rings (SSSR count). The zero-order valence-electron chi connectivity index (χ0n) is 11.0. The lowest BCUT2D eigenvalue weighted by atomic mass is 10.1. The molecule has 4 heteroatoms. The fourth-order valence-corrected chi connectivity index (χ4v) is 2.99. The second kappa shape index (κ2) is 4.24. The minimum Gasteiger partial charge on any atom is -0.464 e. The summed E-state index contributed by atoms with van der Waals surface area (Å²) in [6, 6.07) is 10.2. The molecule has 0 N–H and O–H groups in total. The van der Waals surface area contributed by atoms with Crippen LogP contribution < -0.4 is 0 Å². The Morgan fingerprint density at radius 3 is 3.05 bits per heavy atom. The summed E-state index contributed by atoms with van der Waals surface area (Å²) in [5, 5.41) is 10.3. The van der Waals surface area contributed by atoms with Gasteiger partial charge in [-0.15, -0.1) is 0 Å². The zero-order valence-corrected chi connectivity index (χ0v) is 11.0. The van der Waals surface area contributed by atoms with Gasteiger partial charge in [-0.1, -0.05) is 18.2 Å². The second-order valence-corrected chi connectivity index (χ2v) is 5.10. The third kappa shape index (κ3) is 1.50. The first-order chi connectivity index (χ1) is 9.88. The number of furan rings is 1. The Morgan fingerprint density at radius 1 is 1.25 bits per heavy atom. The smallest absolute Gasteiger partial charge is 0.162 e. The van der Waals surface area contributed by atoms with Crippen molar-refractivity contribution < 1.29 is 4.42 Å². The summed E-state index contributed by atoms with van der Waals surface area (Å²) in [4.78, 5) is 4.54. The second-order valence-electron chi connectivity index (χ2n) is 5.10. The predicted molar refractivity (Wildman–Crippen MR) is 75.1 cm³/mol. The highest BCUT2D eigenvalue weighted by Gasteiger charge is 2.22. The van der Waals surface area contributed by atoms with Gasteiger partial charge in [0.25, 0.3) is 0 Å². The quantitative estimate of drug-likeness (QED) is 0.675. The number of benzene rings is 1. The Kier molecular flexibility index (Phi) is 2.40. The summed E-state index contributed by atoms with van der Waals surface area (Å²) in [5.74, 6) is 0.862. The molecule has 1 aromatic carbocycles. The van der Waals surface area contributed by atoms with Crippen molar-refractivity contribution in [2.24, 2.45) is 0 Å². The Hall–Kier alpha value is -2.54. The number of rotatable bonds is 1. The van der Waals surface area contributed by atoms with Crippen LogP contribution in [0, 0.1) is 11.3 Å². The van der Waals surface area contributed by atoms with Crippen LogP contribution in [0.1, 0.15) is 24.2 Å². The van der Waals surface area contributed by atoms with Crippen LogP contribution in [0.4, 0.5) is 0 Å². The standard InChI is InChI=1S/C16H13N3O/c17-9-13-14-6-3-4-8-19(14)16(18-13)12-10-20-15-7-2-1-5-11(12)15/h1-2,5,7,10H,3-4,6,8H2. The van der Waals surface area contributed by atoms with E-state index in [0.29, 0.717) is 5.69 Å². The van der Waals surface area contributed by atoms with Crippen LogP contribution in [0.5, 0.6) is 0 Å². The minimum atomic E-state index is 0.560. The SMILES string of the molecule is N#Cc1nc(-c2coc3ccccc23)n2c1CCCC2. The molecule has 0 saturated heterocycles. The molecule has 0 bridgehead atoms. The fourth-order valence-electron chi connectivity index (χ4n) is 2.99. The van der Waals surface area contributed by atoms with E-state index in [1.54, 1.807) is 6.26 Å². The summed E-state index contributed by atoms with van der Waals surface area (Å²) in [5.41, 5.74) is 3.46. The van der Waals surface area contributed by atoms with Crippen LogP contribution >= 0.6 is 0 Å². The summed E-state index contributed by atoms with van der Waals surface area (Å²) in [6.45, 7) is 0.929. The van der Waals surface area contributed by atoms with E-state index in [0.717, 1.165) is 53.9 Å². The van der Waals surface area contributed by atoms with Crippen LogP contribution in [0.25, 0.3) is 22.4 Å². The minimum absolute atomic E-state index is 0.560. The molecule has 0 fully saturated rings. The summed E-state index contributed by atoms with van der Waals surface area (Å²) in [7, 11) is 0. The maximum atomic E-state index is 9.27. The van der Waals surface area contributed by atoms with Gasteiger partial charge in [-0.05, 0) is 25.3 Å². The molecule has 0 unspecified atom stereocenters. The highest BCUT2D eigenvalue weighted by Crippen LogP contribution is 2.33. The van der Waals surface area contributed by atoms with E-state index in [2.05, 4.69) is 15.6 Å². The van der Waals surface area contributed by atoms with Crippen molar-refractivity contribution >= 4 is 11.0 Å². The molecule has 1 aliphatic rings. The number of hydrogen-bond acceptors (Lipinski definition) is 3. The van der Waals surface area contributed by atoms with Gasteiger partial charge < -0.3 is 8.98 Å². The van der Waals surface area contributed by atoms with Gasteiger partial charge in [-0.25, -0.2) is 4.98 Å². The number of para-hydroxylation sites is 1. The Labute approximate surface area is 116 Å². The topological polar surface area (TPSA) is 54.8 Å². The lowest BCUT2D eigenvalue weighted by molar-refractivity contribution is 0.535. The van der Waals surface area contributed by atoms with Gasteiger partial charge in [0.05, 0.1) is 11.3 Å². The van der Waals surface area contributed by atoms with E-state index in [1.807, 2.05) is 24.3 Å². The fraction of sp³-hybridized carbons (Fsp3) is 0.250. The van der Waals surface area contributed by atoms with Crippen molar-refractivity contribution in [2.45, 2.75) is 25.8 Å². The highest BCUT2D eigenvalue weighted by molar-refractivity contribution is 5.92. The van der Waals surface area contributed by atoms with Crippen molar-refractivity contribution in [3.8, 4) is 17.5 Å². The molecule has 0 amide bonds. The van der Waals surface area contributed by atoms with E-state index in [4.69, 9.17) is 4.42 Å². The normalized spacial score (nSPS) is 14.2. The van der Waals surface area contributed by atoms with Crippen LogP contribution in [0.2, 0.25) is 0 Å². The molecule has 4 nitrogen and oxygen atoms in total. The van der Waals surface area contributed by atoms with Crippen molar-refractivity contribution in [3.05, 3.63) is 41.9 Å². The van der Waals surface area contributed by atoms with Gasteiger partial charge in [0, 0.05) is 11.9 Å². The summed E-state index contributed by atoms with van der Waals surface area (Å²) >= 11 is 0. The Morgan fingerprint density at radius 2 is 2.15 bits per heavy atom. The molecule has 0 saturated carbocycles. The van der Waals surface area contributed by atoms with E-state index in [-0.39, 0.29) is 0 Å². The maximum absolute atomic E-state index is 9.27. The van der Waals surface area contributed by atoms with E-state index < -0.39 is 0 Å². The van der Waals surface area contributed by atoms with E-state index in [1.165, 1.54) is 0 Å². The first-order valence-electron chi connectivity index (χ1n) is 6.84. The molecular weight excluding hydrogens is 250 g/mol. The largest absolute Gasteiger partial charge is 0.464 e. The van der Waals surface area contributed by atoms with Gasteiger partial charge in [-0.2, -0.15) is 5.26 Å². The molecule has 0 atom stereocenters. The van der Waals surface area contributed by atoms with Crippen LogP contribution in [-0.4, -0.2) is 9.55 Å².